The molecule has 1 aromatic carbocycles. The zero-order chi connectivity index (χ0) is 11.1. The molecule has 1 saturated heterocycles. The Morgan fingerprint density at radius 1 is 1.50 bits per heavy atom. The van der Waals surface area contributed by atoms with Crippen molar-refractivity contribution in [1.82, 2.24) is 0 Å². The highest BCUT2D eigenvalue weighted by Gasteiger charge is 2.35. The van der Waals surface area contributed by atoms with Crippen molar-refractivity contribution in [2.24, 2.45) is 0 Å². The third-order valence-electron chi connectivity index (χ3n) is 3.62. The highest BCUT2D eigenvalue weighted by molar-refractivity contribution is 5.87. The minimum atomic E-state index is -1.09. The molecule has 2 aliphatic rings. The number of nitrogens with one attached hydrogen (secondary N) is 1. The molecule has 1 fully saturated rings. The SMILES string of the molecule is O=C([O-])c1ccc2c(c1)[C@H]1C[NH2+]CC[C@H]1N2. The van der Waals surface area contributed by atoms with Crippen molar-refractivity contribution in [3.05, 3.63) is 29.3 Å². The number of piperidine rings is 1. The Morgan fingerprint density at radius 2 is 2.38 bits per heavy atom. The molecular formula is C12H14N2O2. The highest BCUT2D eigenvalue weighted by atomic mass is 16.4. The number of hydrogen-bond acceptors (Lipinski definition) is 3. The third-order valence-corrected chi connectivity index (χ3v) is 3.62. The number of carbonyl (C=O) groups excluding carboxylic acids is 1. The second-order valence-electron chi connectivity index (χ2n) is 4.55. The fourth-order valence-electron chi connectivity index (χ4n) is 2.80. The number of quaternary nitrogens is 1. The van der Waals surface area contributed by atoms with Crippen LogP contribution in [0.3, 0.4) is 0 Å². The van der Waals surface area contributed by atoms with E-state index in [1.165, 1.54) is 0 Å². The molecule has 16 heavy (non-hydrogen) atoms. The van der Waals surface area contributed by atoms with E-state index < -0.39 is 5.97 Å². The van der Waals surface area contributed by atoms with Crippen molar-refractivity contribution in [2.75, 3.05) is 18.4 Å². The first-order valence-corrected chi connectivity index (χ1v) is 5.69. The molecule has 84 valence electrons. The van der Waals surface area contributed by atoms with Crippen LogP contribution in [0, 0.1) is 0 Å². The van der Waals surface area contributed by atoms with E-state index >= 15 is 0 Å². The van der Waals surface area contributed by atoms with E-state index in [4.69, 9.17) is 0 Å². The van der Waals surface area contributed by atoms with Crippen LogP contribution in [0.15, 0.2) is 18.2 Å². The van der Waals surface area contributed by atoms with Gasteiger partial charge in [0.15, 0.2) is 0 Å². The number of carboxylic acid groups (broad SMARTS) is 1. The van der Waals surface area contributed by atoms with Gasteiger partial charge in [-0.05, 0) is 23.3 Å². The van der Waals surface area contributed by atoms with Gasteiger partial charge in [-0.25, -0.2) is 0 Å². The normalized spacial score (nSPS) is 26.8. The first-order chi connectivity index (χ1) is 7.75. The monoisotopic (exact) mass is 218 g/mol. The molecule has 0 amide bonds. The Morgan fingerprint density at radius 3 is 3.19 bits per heavy atom. The minimum Gasteiger partial charge on any atom is -0.545 e. The Labute approximate surface area is 93.7 Å². The summed E-state index contributed by atoms with van der Waals surface area (Å²) in [7, 11) is 0. The number of carboxylic acids is 1. The van der Waals surface area contributed by atoms with E-state index in [0.29, 0.717) is 12.0 Å². The van der Waals surface area contributed by atoms with Crippen molar-refractivity contribution < 1.29 is 15.2 Å². The molecule has 3 rings (SSSR count). The summed E-state index contributed by atoms with van der Waals surface area (Å²) in [5.41, 5.74) is 2.52. The molecule has 0 spiro atoms. The number of rotatable bonds is 1. The van der Waals surface area contributed by atoms with Crippen LogP contribution in [0.25, 0.3) is 0 Å². The van der Waals surface area contributed by atoms with E-state index in [0.717, 1.165) is 30.8 Å². The van der Waals surface area contributed by atoms with Gasteiger partial charge in [0.05, 0.1) is 25.0 Å². The van der Waals surface area contributed by atoms with Crippen LogP contribution < -0.4 is 15.7 Å². The van der Waals surface area contributed by atoms with Gasteiger partial charge in [0.1, 0.15) is 0 Å². The van der Waals surface area contributed by atoms with Crippen molar-refractivity contribution in [3.63, 3.8) is 0 Å². The number of carbonyl (C=O) groups is 1. The standard InChI is InChI=1S/C12H14N2O2/c15-12(16)7-1-2-10-8(5-7)9-6-13-4-3-11(9)14-10/h1-2,5,9,11,13-14H,3-4,6H2,(H,15,16)/t9-,11-/m1/s1. The second kappa shape index (κ2) is 3.49. The number of fused-ring (bicyclic) bond motifs is 3. The summed E-state index contributed by atoms with van der Waals surface area (Å²) in [5, 5.41) is 16.6. The maximum atomic E-state index is 10.8. The van der Waals surface area contributed by atoms with Gasteiger partial charge in [-0.2, -0.15) is 0 Å². The van der Waals surface area contributed by atoms with Crippen molar-refractivity contribution >= 4 is 11.7 Å². The van der Waals surface area contributed by atoms with Crippen LogP contribution in [0.4, 0.5) is 5.69 Å². The lowest BCUT2D eigenvalue weighted by Crippen LogP contribution is -2.88. The summed E-state index contributed by atoms with van der Waals surface area (Å²) < 4.78 is 0. The van der Waals surface area contributed by atoms with Crippen LogP contribution in [0.5, 0.6) is 0 Å². The zero-order valence-corrected chi connectivity index (χ0v) is 8.90. The van der Waals surface area contributed by atoms with Gasteiger partial charge in [-0.15, -0.1) is 0 Å². The molecule has 0 aromatic heterocycles. The van der Waals surface area contributed by atoms with Crippen LogP contribution in [-0.4, -0.2) is 25.1 Å². The molecule has 3 N–H and O–H groups in total. The largest absolute Gasteiger partial charge is 0.545 e. The van der Waals surface area contributed by atoms with Crippen LogP contribution in [0.2, 0.25) is 0 Å². The van der Waals surface area contributed by atoms with E-state index in [9.17, 15) is 9.90 Å². The van der Waals surface area contributed by atoms with Gasteiger partial charge in [-0.1, -0.05) is 6.07 Å². The highest BCUT2D eigenvalue weighted by Crippen LogP contribution is 2.37. The molecule has 0 unspecified atom stereocenters. The molecule has 2 aliphatic heterocycles. The Hall–Kier alpha value is -1.55. The van der Waals surface area contributed by atoms with Gasteiger partial charge in [0, 0.05) is 18.2 Å². The van der Waals surface area contributed by atoms with Gasteiger partial charge in [0.2, 0.25) is 0 Å². The van der Waals surface area contributed by atoms with E-state index in [1.54, 1.807) is 12.1 Å². The maximum absolute atomic E-state index is 10.8. The first-order valence-electron chi connectivity index (χ1n) is 5.69. The van der Waals surface area contributed by atoms with Crippen LogP contribution in [0.1, 0.15) is 28.3 Å². The van der Waals surface area contributed by atoms with Crippen molar-refractivity contribution in [1.29, 1.82) is 0 Å². The molecule has 4 heteroatoms. The van der Waals surface area contributed by atoms with Gasteiger partial charge in [0.25, 0.3) is 0 Å². The quantitative estimate of drug-likeness (QED) is 0.628. The molecule has 0 radical (unpaired) electrons. The lowest BCUT2D eigenvalue weighted by atomic mass is 9.90. The minimum absolute atomic E-state index is 0.284. The summed E-state index contributed by atoms with van der Waals surface area (Å²) in [6.07, 6.45) is 1.14. The van der Waals surface area contributed by atoms with E-state index in [2.05, 4.69) is 10.6 Å². The number of benzene rings is 1. The average molecular weight is 218 g/mol. The number of hydrogen-bond donors (Lipinski definition) is 2. The third kappa shape index (κ3) is 1.38. The predicted octanol–water partition coefficient (Wildman–Crippen LogP) is -1.11. The van der Waals surface area contributed by atoms with Gasteiger partial charge in [-0.3, -0.25) is 0 Å². The Balaban J connectivity index is 2.00. The molecule has 0 saturated carbocycles. The summed E-state index contributed by atoms with van der Waals surface area (Å²) in [6.45, 7) is 2.19. The van der Waals surface area contributed by atoms with Crippen molar-refractivity contribution in [3.8, 4) is 0 Å². The molecule has 2 heterocycles. The zero-order valence-electron chi connectivity index (χ0n) is 8.90. The van der Waals surface area contributed by atoms with Crippen LogP contribution >= 0.6 is 0 Å². The predicted molar refractivity (Wildman–Crippen MR) is 57.2 cm³/mol. The molecule has 0 bridgehead atoms. The molecule has 2 atom stereocenters. The fourth-order valence-corrected chi connectivity index (χ4v) is 2.80. The number of aromatic carboxylic acids is 1. The Kier molecular flexibility index (Phi) is 2.11. The Bertz CT molecular complexity index is 445. The summed E-state index contributed by atoms with van der Waals surface area (Å²) in [4.78, 5) is 10.8. The van der Waals surface area contributed by atoms with Crippen LogP contribution in [-0.2, 0) is 0 Å². The van der Waals surface area contributed by atoms with E-state index in [-0.39, 0.29) is 5.56 Å². The molecule has 0 aliphatic carbocycles. The topological polar surface area (TPSA) is 68.8 Å². The average Bonchev–Trinajstić information content (AvgIpc) is 2.66. The number of nitrogens with two attached hydrogens (primary N) is 1. The second-order valence-corrected chi connectivity index (χ2v) is 4.55. The smallest absolute Gasteiger partial charge is 0.0845 e. The van der Waals surface area contributed by atoms with Crippen molar-refractivity contribution in [2.45, 2.75) is 18.4 Å². The van der Waals surface area contributed by atoms with Gasteiger partial charge < -0.3 is 20.5 Å². The fraction of sp³-hybridized carbons (Fsp3) is 0.417. The maximum Gasteiger partial charge on any atom is 0.0845 e. The lowest BCUT2D eigenvalue weighted by Gasteiger charge is -2.23. The summed E-state index contributed by atoms with van der Waals surface area (Å²) in [6, 6.07) is 5.72. The first kappa shape index (κ1) is 9.66. The molecule has 1 aromatic rings. The van der Waals surface area contributed by atoms with Gasteiger partial charge >= 0.3 is 0 Å². The lowest BCUT2D eigenvalue weighted by molar-refractivity contribution is -0.664. The summed E-state index contributed by atoms with van der Waals surface area (Å²) >= 11 is 0. The summed E-state index contributed by atoms with van der Waals surface area (Å²) in [5.74, 6) is -0.644. The molecular weight excluding hydrogens is 204 g/mol. The molecule has 4 nitrogen and oxygen atoms in total. The van der Waals surface area contributed by atoms with E-state index in [1.807, 2.05) is 6.07 Å². The number of anilines is 1.